The third kappa shape index (κ3) is 3.99. The van der Waals surface area contributed by atoms with E-state index in [1.165, 1.54) is 28.8 Å². The van der Waals surface area contributed by atoms with E-state index in [4.69, 9.17) is 11.6 Å². The molecular weight excluding hydrogens is 420 g/mol. The van der Waals surface area contributed by atoms with Crippen LogP contribution in [0.2, 0.25) is 5.02 Å². The van der Waals surface area contributed by atoms with Crippen molar-refractivity contribution in [3.63, 3.8) is 0 Å². The number of nitrogens with zero attached hydrogens (tertiary/aromatic N) is 3. The third-order valence-electron chi connectivity index (χ3n) is 4.98. The number of halogens is 1. The summed E-state index contributed by atoms with van der Waals surface area (Å²) in [7, 11) is 0. The van der Waals surface area contributed by atoms with Crippen molar-refractivity contribution in [2.75, 3.05) is 10.6 Å². The van der Waals surface area contributed by atoms with Crippen LogP contribution in [0.3, 0.4) is 0 Å². The predicted molar refractivity (Wildman–Crippen MR) is 119 cm³/mol. The zero-order valence-corrected chi connectivity index (χ0v) is 17.8. The van der Waals surface area contributed by atoms with Crippen molar-refractivity contribution in [1.82, 2.24) is 9.55 Å². The standard InChI is InChI=1S/C21H19ClN6O3/c1-11-4-7-17(12(2)8-11)24-20-25-19(15-10-14(28(30)31)5-6-16(15)22)27-18(29)9-13(3)23-21(27)26-20/h4-10,19H,1-3H3,(H2,23,24,25,26)/p+1. The lowest BCUT2D eigenvalue weighted by Gasteiger charge is -2.24. The number of fused-ring (bicyclic) bond motifs is 1. The Balaban J connectivity index is 1.86. The van der Waals surface area contributed by atoms with Crippen molar-refractivity contribution in [2.24, 2.45) is 0 Å². The summed E-state index contributed by atoms with van der Waals surface area (Å²) in [5.41, 5.74) is 3.49. The fourth-order valence-corrected chi connectivity index (χ4v) is 3.74. The Bertz CT molecular complexity index is 1300. The molecule has 31 heavy (non-hydrogen) atoms. The Morgan fingerprint density at radius 2 is 1.97 bits per heavy atom. The van der Waals surface area contributed by atoms with Gasteiger partial charge in [0.1, 0.15) is 5.69 Å². The van der Waals surface area contributed by atoms with E-state index >= 15 is 0 Å². The summed E-state index contributed by atoms with van der Waals surface area (Å²) >= 11 is 6.39. The molecule has 2 heterocycles. The molecule has 3 N–H and O–H groups in total. The van der Waals surface area contributed by atoms with Crippen molar-refractivity contribution in [3.8, 4) is 0 Å². The van der Waals surface area contributed by atoms with Gasteiger partial charge >= 0.3 is 5.96 Å². The monoisotopic (exact) mass is 439 g/mol. The number of hydrogen-bond acceptors (Lipinski definition) is 6. The van der Waals surface area contributed by atoms with Crippen molar-refractivity contribution in [3.05, 3.63) is 90.3 Å². The van der Waals surface area contributed by atoms with E-state index in [1.54, 1.807) is 6.92 Å². The number of hydrogen-bond donors (Lipinski definition) is 3. The molecular formula is C21H20ClN6O3+. The highest BCUT2D eigenvalue weighted by atomic mass is 35.5. The molecule has 0 amide bonds. The number of aryl methyl sites for hydroxylation is 3. The van der Waals surface area contributed by atoms with Crippen LogP contribution in [0, 0.1) is 30.9 Å². The Morgan fingerprint density at radius 1 is 1.19 bits per heavy atom. The lowest BCUT2D eigenvalue weighted by molar-refractivity contribution is -0.520. The first kappa shape index (κ1) is 20.5. The van der Waals surface area contributed by atoms with E-state index in [2.05, 4.69) is 20.6 Å². The van der Waals surface area contributed by atoms with Gasteiger partial charge in [-0.05, 0) is 38.5 Å². The van der Waals surface area contributed by atoms with Gasteiger partial charge < -0.3 is 0 Å². The van der Waals surface area contributed by atoms with Crippen molar-refractivity contribution in [2.45, 2.75) is 26.9 Å². The maximum atomic E-state index is 12.8. The molecule has 1 aromatic heterocycles. The summed E-state index contributed by atoms with van der Waals surface area (Å²) in [5, 5.41) is 18.0. The second kappa shape index (κ2) is 7.84. The normalized spacial score (nSPS) is 15.0. The molecule has 0 bridgehead atoms. The van der Waals surface area contributed by atoms with Gasteiger partial charge in [0.05, 0.1) is 4.92 Å². The number of benzene rings is 2. The van der Waals surface area contributed by atoms with E-state index in [9.17, 15) is 14.9 Å². The number of guanidine groups is 1. The molecule has 0 saturated heterocycles. The van der Waals surface area contributed by atoms with Crippen LogP contribution < -0.4 is 21.2 Å². The lowest BCUT2D eigenvalue weighted by Crippen LogP contribution is -2.82. The van der Waals surface area contributed by atoms with Gasteiger partial charge in [0.15, 0.2) is 6.17 Å². The molecule has 9 nitrogen and oxygen atoms in total. The van der Waals surface area contributed by atoms with Crippen LogP contribution in [0.4, 0.5) is 17.3 Å². The highest BCUT2D eigenvalue weighted by molar-refractivity contribution is 6.31. The SMILES string of the molecule is Cc1ccc(NC2=[NH+]C(c3cc([N+](=O)[O-])ccc3Cl)n3c(nc(C)cc3=O)N2)c(C)c1. The average molecular weight is 440 g/mol. The third-order valence-corrected chi connectivity index (χ3v) is 5.33. The summed E-state index contributed by atoms with van der Waals surface area (Å²) in [5.74, 6) is 0.764. The molecule has 0 radical (unpaired) electrons. The fourth-order valence-electron chi connectivity index (χ4n) is 3.52. The maximum Gasteiger partial charge on any atom is 0.357 e. The number of nitro benzene ring substituents is 1. The second-order valence-corrected chi connectivity index (χ2v) is 7.79. The zero-order valence-electron chi connectivity index (χ0n) is 17.1. The van der Waals surface area contributed by atoms with Crippen LogP contribution in [0.1, 0.15) is 28.6 Å². The van der Waals surface area contributed by atoms with Gasteiger partial charge in [-0.25, -0.2) is 20.2 Å². The van der Waals surface area contributed by atoms with E-state index in [0.29, 0.717) is 23.2 Å². The first-order valence-electron chi connectivity index (χ1n) is 9.52. The molecule has 1 aliphatic heterocycles. The molecule has 0 aliphatic carbocycles. The molecule has 1 atom stereocenters. The van der Waals surface area contributed by atoms with Crippen LogP contribution in [0.25, 0.3) is 0 Å². The molecule has 1 aliphatic rings. The van der Waals surface area contributed by atoms with E-state index < -0.39 is 11.1 Å². The van der Waals surface area contributed by atoms with E-state index in [0.717, 1.165) is 16.8 Å². The highest BCUT2D eigenvalue weighted by Gasteiger charge is 2.31. The first-order chi connectivity index (χ1) is 14.7. The van der Waals surface area contributed by atoms with Crippen LogP contribution in [0.5, 0.6) is 0 Å². The van der Waals surface area contributed by atoms with Crippen molar-refractivity contribution in [1.29, 1.82) is 0 Å². The number of anilines is 2. The minimum atomic E-state index is -0.808. The quantitative estimate of drug-likeness (QED) is 0.426. The number of aromatic nitrogens is 2. The van der Waals surface area contributed by atoms with Gasteiger partial charge in [-0.3, -0.25) is 19.9 Å². The molecule has 3 aromatic rings. The van der Waals surface area contributed by atoms with E-state index in [-0.39, 0.29) is 16.3 Å². The first-order valence-corrected chi connectivity index (χ1v) is 9.89. The van der Waals surface area contributed by atoms with Gasteiger partial charge in [-0.2, -0.15) is 0 Å². The maximum absolute atomic E-state index is 12.8. The lowest BCUT2D eigenvalue weighted by atomic mass is 10.1. The molecule has 1 unspecified atom stereocenters. The topological polar surface area (TPSA) is 116 Å². The van der Waals surface area contributed by atoms with E-state index in [1.807, 2.05) is 32.0 Å². The summed E-state index contributed by atoms with van der Waals surface area (Å²) < 4.78 is 1.38. The number of non-ortho nitro benzene ring substituents is 1. The molecule has 2 aromatic carbocycles. The minimum absolute atomic E-state index is 0.127. The van der Waals surface area contributed by atoms with Crippen LogP contribution >= 0.6 is 11.6 Å². The van der Waals surface area contributed by atoms with Crippen molar-refractivity contribution >= 4 is 34.9 Å². The van der Waals surface area contributed by atoms with Crippen LogP contribution in [0.15, 0.2) is 47.3 Å². The Morgan fingerprint density at radius 3 is 2.68 bits per heavy atom. The minimum Gasteiger partial charge on any atom is -0.269 e. The largest absolute Gasteiger partial charge is 0.357 e. The summed E-state index contributed by atoms with van der Waals surface area (Å²) in [6.07, 6.45) is -0.808. The molecule has 0 fully saturated rings. The predicted octanol–water partition coefficient (Wildman–Crippen LogP) is 2.25. The molecule has 10 heteroatoms. The fraction of sp³-hybridized carbons (Fsp3) is 0.190. The molecule has 0 saturated carbocycles. The summed E-state index contributed by atoms with van der Waals surface area (Å²) in [4.78, 5) is 31.2. The Kier molecular flexibility index (Phi) is 5.20. The van der Waals surface area contributed by atoms with Gasteiger partial charge in [-0.1, -0.05) is 29.3 Å². The number of nitro groups is 1. The number of nitrogens with one attached hydrogen (secondary N) is 3. The Labute approximate surface area is 182 Å². The van der Waals surface area contributed by atoms with Crippen molar-refractivity contribution < 1.29 is 9.92 Å². The second-order valence-electron chi connectivity index (χ2n) is 7.38. The summed E-state index contributed by atoms with van der Waals surface area (Å²) in [6.45, 7) is 5.71. The van der Waals surface area contributed by atoms with Gasteiger partial charge in [0.25, 0.3) is 17.2 Å². The average Bonchev–Trinajstić information content (AvgIpc) is 2.69. The summed E-state index contributed by atoms with van der Waals surface area (Å²) in [6, 6.07) is 11.5. The Hall–Kier alpha value is -3.72. The molecule has 4 rings (SSSR count). The zero-order chi connectivity index (χ0) is 22.3. The molecule has 158 valence electrons. The van der Waals surface area contributed by atoms with Gasteiger partial charge in [-0.15, -0.1) is 0 Å². The highest BCUT2D eigenvalue weighted by Crippen LogP contribution is 2.28. The van der Waals surface area contributed by atoms with Crippen LogP contribution in [-0.2, 0) is 0 Å². The van der Waals surface area contributed by atoms with Gasteiger partial charge in [0, 0.05) is 34.5 Å². The molecule has 0 spiro atoms. The number of rotatable bonds is 3. The van der Waals surface area contributed by atoms with Gasteiger partial charge in [0.2, 0.25) is 0 Å². The van der Waals surface area contributed by atoms with Crippen LogP contribution in [-0.4, -0.2) is 20.4 Å². The smallest absolute Gasteiger partial charge is 0.269 e.